The van der Waals surface area contributed by atoms with E-state index >= 15 is 0 Å². The van der Waals surface area contributed by atoms with Gasteiger partial charge in [0.25, 0.3) is 0 Å². The van der Waals surface area contributed by atoms with Crippen LogP contribution in [0.1, 0.15) is 38.8 Å². The van der Waals surface area contributed by atoms with Crippen LogP contribution in [0.3, 0.4) is 0 Å². The predicted octanol–water partition coefficient (Wildman–Crippen LogP) is 7.48. The Labute approximate surface area is 298 Å². The van der Waals surface area contributed by atoms with Crippen molar-refractivity contribution in [2.45, 2.75) is 84.6 Å². The molecule has 0 aromatic heterocycles. The van der Waals surface area contributed by atoms with Gasteiger partial charge >= 0.3 is 11.9 Å². The van der Waals surface area contributed by atoms with Gasteiger partial charge in [0.1, 0.15) is 22.1 Å². The number of hydrogen-bond donors (Lipinski definition) is 0. The molecule has 49 heavy (non-hydrogen) atoms. The van der Waals surface area contributed by atoms with Crippen molar-refractivity contribution in [3.8, 4) is 23.0 Å². The molecule has 10 nitrogen and oxygen atoms in total. The van der Waals surface area contributed by atoms with Gasteiger partial charge in [-0.05, 0) is 101 Å². The van der Waals surface area contributed by atoms with Crippen LogP contribution in [0, 0.1) is 5.92 Å². The van der Waals surface area contributed by atoms with Crippen LogP contribution in [-0.2, 0) is 27.9 Å². The zero-order valence-corrected chi connectivity index (χ0v) is 34.6. The molecule has 2 aromatic rings. The van der Waals surface area contributed by atoms with Crippen molar-refractivity contribution in [1.29, 1.82) is 0 Å². The van der Waals surface area contributed by atoms with E-state index in [-0.39, 0.29) is 18.0 Å². The molecule has 0 fully saturated rings. The third-order valence-corrected chi connectivity index (χ3v) is 8.75. The molecule has 271 valence electrons. The predicted molar refractivity (Wildman–Crippen MR) is 200 cm³/mol. The molecule has 0 bridgehead atoms. The second-order valence-corrected chi connectivity index (χ2v) is 23.1. The summed E-state index contributed by atoms with van der Waals surface area (Å²) >= 11 is 0. The molecular weight excluding hydrogens is 677 g/mol. The second-order valence-electron chi connectivity index (χ2n) is 13.5. The van der Waals surface area contributed by atoms with Gasteiger partial charge in [-0.1, -0.05) is 26.0 Å². The summed E-state index contributed by atoms with van der Waals surface area (Å²) in [4.78, 5) is 24.2. The summed E-state index contributed by atoms with van der Waals surface area (Å²) in [6, 6.07) is 10.9. The Hall–Kier alpha value is -3.37. The van der Waals surface area contributed by atoms with Crippen molar-refractivity contribution in [1.82, 2.24) is 0 Å². The monoisotopic (exact) mass is 731 g/mol. The summed E-state index contributed by atoms with van der Waals surface area (Å²) in [5, 5.41) is 0. The molecule has 0 amide bonds. The molecular formula is C36H55O10Si3. The van der Waals surface area contributed by atoms with E-state index in [4.69, 9.17) is 37.3 Å². The van der Waals surface area contributed by atoms with Gasteiger partial charge < -0.3 is 37.3 Å². The van der Waals surface area contributed by atoms with E-state index in [0.717, 1.165) is 11.3 Å². The van der Waals surface area contributed by atoms with Crippen molar-refractivity contribution >= 4 is 51.0 Å². The highest BCUT2D eigenvalue weighted by Crippen LogP contribution is 2.40. The quantitative estimate of drug-likeness (QED) is 0.0747. The highest BCUT2D eigenvalue weighted by molar-refractivity contribution is 6.70. The van der Waals surface area contributed by atoms with E-state index in [1.54, 1.807) is 38.5 Å². The number of ether oxygens (including phenoxy) is 6. The summed E-state index contributed by atoms with van der Waals surface area (Å²) in [5.41, 5.74) is 0.153. The van der Waals surface area contributed by atoms with Crippen LogP contribution in [0.4, 0.5) is 0 Å². The number of hydrogen-bond acceptors (Lipinski definition) is 10. The molecule has 0 aliphatic rings. The highest BCUT2D eigenvalue weighted by Gasteiger charge is 2.46. The third-order valence-electron chi connectivity index (χ3n) is 6.18. The van der Waals surface area contributed by atoms with Gasteiger partial charge in [-0.3, -0.25) is 0 Å². The van der Waals surface area contributed by atoms with E-state index in [1.807, 2.05) is 71.6 Å². The fourth-order valence-corrected chi connectivity index (χ4v) is 8.16. The molecule has 0 saturated heterocycles. The Bertz CT molecular complexity index is 1390. The van der Waals surface area contributed by atoms with Crippen LogP contribution in [-0.4, -0.2) is 84.9 Å². The van der Waals surface area contributed by atoms with Crippen LogP contribution in [0.2, 0.25) is 39.3 Å². The summed E-state index contributed by atoms with van der Waals surface area (Å²) < 4.78 is 44.8. The number of rotatable bonds is 16. The first-order chi connectivity index (χ1) is 22.7. The van der Waals surface area contributed by atoms with Crippen LogP contribution in [0.25, 0.3) is 12.2 Å². The van der Waals surface area contributed by atoms with E-state index in [1.165, 1.54) is 26.4 Å². The molecule has 0 heterocycles. The lowest BCUT2D eigenvalue weighted by molar-refractivity contribution is -0.196. The van der Waals surface area contributed by atoms with Crippen molar-refractivity contribution in [3.63, 3.8) is 0 Å². The molecule has 13 heteroatoms. The standard InChI is InChI=1S/C23H39O7Si3.C13H16O3/c1-16(2)22(29-32(6,7)8)23(31,30-33(9,10)11)28-19(24)15-13-17-12-14-18(25-3)21(27-5)20(17)26-4;1-10(2)16-13(14)9-6-11-4-7-12(15-3)8-5-11/h12-16,22H,1-11H3;4-10H,1-3H3. The zero-order chi connectivity index (χ0) is 37.6. The molecule has 2 unspecified atom stereocenters. The lowest BCUT2D eigenvalue weighted by atomic mass is 10.1. The van der Waals surface area contributed by atoms with Gasteiger partial charge in [0.2, 0.25) is 11.2 Å². The largest absolute Gasteiger partial charge is 0.497 e. The molecule has 0 N–H and O–H groups in total. The first-order valence-corrected chi connectivity index (χ1v) is 23.4. The maximum atomic E-state index is 12.9. The molecule has 3 radical (unpaired) electrons. The van der Waals surface area contributed by atoms with Crippen LogP contribution >= 0.6 is 0 Å². The average molecular weight is 732 g/mol. The van der Waals surface area contributed by atoms with Gasteiger partial charge in [0.15, 0.2) is 28.1 Å². The van der Waals surface area contributed by atoms with E-state index in [9.17, 15) is 9.59 Å². The Morgan fingerprint density at radius 2 is 1.29 bits per heavy atom. The first kappa shape index (κ1) is 43.7. The highest BCUT2D eigenvalue weighted by atomic mass is 28.4. The van der Waals surface area contributed by atoms with Crippen LogP contribution in [0.15, 0.2) is 48.6 Å². The molecule has 2 atom stereocenters. The molecule has 0 saturated carbocycles. The summed E-state index contributed by atoms with van der Waals surface area (Å²) in [6.45, 7) is 20.1. The average Bonchev–Trinajstić information content (AvgIpc) is 2.99. The summed E-state index contributed by atoms with van der Waals surface area (Å²) in [6.07, 6.45) is 5.49. The number of esters is 2. The molecule has 0 aliphatic carbocycles. The molecule has 2 rings (SSSR count). The lowest BCUT2D eigenvalue weighted by Gasteiger charge is -2.44. The minimum Gasteiger partial charge on any atom is -0.497 e. The summed E-state index contributed by atoms with van der Waals surface area (Å²) in [5.74, 6) is 1.34. The van der Waals surface area contributed by atoms with E-state index < -0.39 is 34.1 Å². The number of benzene rings is 2. The second kappa shape index (κ2) is 19.7. The van der Waals surface area contributed by atoms with Crippen molar-refractivity contribution in [3.05, 3.63) is 59.7 Å². The molecule has 0 aliphatic heterocycles. The fourth-order valence-electron chi connectivity index (χ4n) is 4.37. The Balaban J connectivity index is 0.000000624. The SMILES string of the molecule is COc1ccc(C=CC(=O)OC(C)C)cc1.COc1ccc(C=CC(=O)OC([Si])(O[Si](C)(C)C)C(O[Si](C)(C)C)C(C)C)c(OC)c1OC. The number of carbonyl (C=O) groups is 2. The zero-order valence-electron chi connectivity index (χ0n) is 31.6. The van der Waals surface area contributed by atoms with Crippen molar-refractivity contribution in [2.24, 2.45) is 5.92 Å². The lowest BCUT2D eigenvalue weighted by Crippen LogP contribution is -2.59. The van der Waals surface area contributed by atoms with Gasteiger partial charge in [0.05, 0.1) is 34.5 Å². The van der Waals surface area contributed by atoms with Gasteiger partial charge in [0, 0.05) is 17.7 Å². The van der Waals surface area contributed by atoms with Crippen LogP contribution in [0.5, 0.6) is 23.0 Å². The summed E-state index contributed by atoms with van der Waals surface area (Å²) in [7, 11) is 5.79. The molecule has 0 spiro atoms. The maximum absolute atomic E-state index is 12.9. The van der Waals surface area contributed by atoms with Gasteiger partial charge in [-0.2, -0.15) is 0 Å². The number of carbonyl (C=O) groups excluding carboxylic acids is 2. The molecule has 2 aromatic carbocycles. The van der Waals surface area contributed by atoms with Crippen molar-refractivity contribution < 1.29 is 46.9 Å². The van der Waals surface area contributed by atoms with Crippen molar-refractivity contribution in [2.75, 3.05) is 28.4 Å². The smallest absolute Gasteiger partial charge is 0.333 e. The van der Waals surface area contributed by atoms with E-state index in [2.05, 4.69) is 29.9 Å². The van der Waals surface area contributed by atoms with Gasteiger partial charge in [-0.25, -0.2) is 9.59 Å². The Morgan fingerprint density at radius 1 is 0.714 bits per heavy atom. The minimum atomic E-state index is -2.13. The topological polar surface area (TPSA) is 108 Å². The van der Waals surface area contributed by atoms with Crippen LogP contribution < -0.4 is 18.9 Å². The fraction of sp³-hybridized carbons (Fsp3) is 0.500. The number of methoxy groups -OCH3 is 4. The Kier molecular flexibility index (Phi) is 17.6. The Morgan fingerprint density at radius 3 is 1.73 bits per heavy atom. The third kappa shape index (κ3) is 15.8. The van der Waals surface area contributed by atoms with Gasteiger partial charge in [-0.15, -0.1) is 0 Å². The minimum absolute atomic E-state index is 0.0355. The normalized spacial score (nSPS) is 13.8. The first-order valence-electron chi connectivity index (χ1n) is 16.0. The maximum Gasteiger partial charge on any atom is 0.333 e. The van der Waals surface area contributed by atoms with E-state index in [0.29, 0.717) is 22.8 Å².